The highest BCUT2D eigenvalue weighted by atomic mass is 35.5. The van der Waals surface area contributed by atoms with Crippen molar-refractivity contribution in [3.63, 3.8) is 0 Å². The van der Waals surface area contributed by atoms with Gasteiger partial charge in [-0.05, 0) is 36.4 Å². The molecular weight excluding hydrogens is 675 g/mol. The van der Waals surface area contributed by atoms with Crippen LogP contribution in [0.3, 0.4) is 0 Å². The Bertz CT molecular complexity index is 1340. The van der Waals surface area contributed by atoms with Crippen molar-refractivity contribution < 1.29 is 44.2 Å². The van der Waals surface area contributed by atoms with E-state index >= 15 is 0 Å². The van der Waals surface area contributed by atoms with Crippen molar-refractivity contribution in [3.05, 3.63) is 58.1 Å². The summed E-state index contributed by atoms with van der Waals surface area (Å²) in [6.45, 7) is 2.48. The number of halogens is 4. The third kappa shape index (κ3) is 11.7. The molecule has 0 radical (unpaired) electrons. The first kappa shape index (κ1) is 38.6. The summed E-state index contributed by atoms with van der Waals surface area (Å²) in [5.41, 5.74) is 19.2. The van der Waals surface area contributed by atoms with Gasteiger partial charge in [-0.3, -0.25) is 9.59 Å². The molecule has 2 aromatic rings. The number of quaternary nitrogens is 2. The molecule has 2 aliphatic heterocycles. The number of nitrogens with two attached hydrogens (primary N) is 2. The van der Waals surface area contributed by atoms with Crippen molar-refractivity contribution in [2.45, 2.75) is 24.9 Å². The molecule has 0 aromatic heterocycles. The maximum Gasteiger partial charge on any atom is 0.410 e. The molecule has 5 amide bonds. The first-order valence-electron chi connectivity index (χ1n) is 15.3. The molecule has 264 valence electrons. The number of carbonyl (C=O) groups is 4. The standard InChI is InChI=1S/C15H21ClFN5O2.C15H20ClFN4O3/c16-12-2-1-11(6-13(12)17)21-14(23)9-5-10(19)8-22(7-9)15(24)20-4-3-18;16-12-2-1-11(6-13(12)17)20-14(22)9-5-10(19)8-21(7-9)15(23)24-4-3-18/h1-2,6,9-10H,3-5,7-8,18-19H2,(H,20,24)(H,21,23);1-2,6,9-10H,3-5,7-8,18-19H2,(H,20,22)/p+2. The molecule has 0 saturated carbocycles. The van der Waals surface area contributed by atoms with Gasteiger partial charge < -0.3 is 53.4 Å². The second-order valence-electron chi connectivity index (χ2n) is 11.6. The lowest BCUT2D eigenvalue weighted by atomic mass is 9.94. The molecule has 48 heavy (non-hydrogen) atoms. The number of urea groups is 1. The van der Waals surface area contributed by atoms with E-state index < -0.39 is 29.6 Å². The fraction of sp³-hybridized carbons (Fsp3) is 0.467. The molecular formula is C30H43Cl2F2N9O5+2. The molecule has 0 bridgehead atoms. The van der Waals surface area contributed by atoms with Gasteiger partial charge in [0.1, 0.15) is 30.3 Å². The second-order valence-corrected chi connectivity index (χ2v) is 12.4. The van der Waals surface area contributed by atoms with Crippen molar-refractivity contribution in [2.75, 3.05) is 63.1 Å². The van der Waals surface area contributed by atoms with Crippen LogP contribution in [-0.2, 0) is 14.3 Å². The molecule has 14 nitrogen and oxygen atoms in total. The van der Waals surface area contributed by atoms with Crippen LogP contribution in [-0.4, -0.2) is 98.2 Å². The number of benzene rings is 2. The summed E-state index contributed by atoms with van der Waals surface area (Å²) in [4.78, 5) is 51.8. The zero-order valence-electron chi connectivity index (χ0n) is 26.4. The summed E-state index contributed by atoms with van der Waals surface area (Å²) in [6, 6.07) is 7.69. The van der Waals surface area contributed by atoms with Crippen LogP contribution in [0.5, 0.6) is 0 Å². The van der Waals surface area contributed by atoms with Crippen molar-refractivity contribution >= 4 is 58.5 Å². The summed E-state index contributed by atoms with van der Waals surface area (Å²) in [6.07, 6.45) is 0.578. The Balaban J connectivity index is 0.000000260. The third-order valence-electron chi connectivity index (χ3n) is 7.50. The fourth-order valence-electron chi connectivity index (χ4n) is 5.27. The maximum atomic E-state index is 13.5. The Morgan fingerprint density at radius 2 is 1.27 bits per heavy atom. The molecule has 4 rings (SSSR count). The van der Waals surface area contributed by atoms with Gasteiger partial charge in [0.15, 0.2) is 0 Å². The van der Waals surface area contributed by atoms with E-state index in [1.807, 2.05) is 0 Å². The van der Waals surface area contributed by atoms with E-state index in [1.54, 1.807) is 4.90 Å². The maximum absolute atomic E-state index is 13.5. The Kier molecular flexibility index (Phi) is 15.0. The first-order valence-corrected chi connectivity index (χ1v) is 16.1. The number of anilines is 2. The molecule has 13 N–H and O–H groups in total. The molecule has 4 atom stereocenters. The second kappa shape index (κ2) is 18.7. The van der Waals surface area contributed by atoms with Gasteiger partial charge >= 0.3 is 12.1 Å². The smallest absolute Gasteiger partial charge is 0.410 e. The lowest BCUT2D eigenvalue weighted by Crippen LogP contribution is -2.70. The highest BCUT2D eigenvalue weighted by Crippen LogP contribution is 2.23. The number of likely N-dealkylation sites (tertiary alicyclic amines) is 2. The molecule has 2 aliphatic rings. The predicted molar refractivity (Wildman–Crippen MR) is 176 cm³/mol. The predicted octanol–water partition coefficient (Wildman–Crippen LogP) is 0.464. The normalized spacial score (nSPS) is 20.6. The number of amides is 5. The van der Waals surface area contributed by atoms with Crippen LogP contribution in [0.2, 0.25) is 10.0 Å². The zero-order valence-corrected chi connectivity index (χ0v) is 27.9. The average molecular weight is 719 g/mol. The largest absolute Gasteiger partial charge is 0.448 e. The van der Waals surface area contributed by atoms with E-state index in [0.717, 1.165) is 12.1 Å². The van der Waals surface area contributed by atoms with Gasteiger partial charge in [-0.15, -0.1) is 0 Å². The first-order chi connectivity index (χ1) is 22.8. The Morgan fingerprint density at radius 1 is 0.792 bits per heavy atom. The number of hydrogen-bond donors (Lipinski definition) is 7. The minimum absolute atomic E-state index is 0.00811. The SMILES string of the molecule is NCCNC(=O)N1CC([NH3+])CC(C(=O)Nc2ccc(Cl)c(F)c2)C1.NCCOC(=O)N1CC([NH3+])CC(C(=O)Nc2ccc(Cl)c(F)c2)C1. The molecule has 2 fully saturated rings. The van der Waals surface area contributed by atoms with Crippen LogP contribution >= 0.6 is 23.2 Å². The van der Waals surface area contributed by atoms with E-state index in [4.69, 9.17) is 39.4 Å². The van der Waals surface area contributed by atoms with Gasteiger partial charge in [0, 0.05) is 56.9 Å². The monoisotopic (exact) mass is 717 g/mol. The molecule has 18 heteroatoms. The van der Waals surface area contributed by atoms with Crippen molar-refractivity contribution in [1.29, 1.82) is 0 Å². The fourth-order valence-corrected chi connectivity index (χ4v) is 5.50. The van der Waals surface area contributed by atoms with E-state index in [1.165, 1.54) is 29.2 Å². The number of piperidine rings is 2. The Morgan fingerprint density at radius 3 is 1.73 bits per heavy atom. The van der Waals surface area contributed by atoms with Crippen molar-refractivity contribution in [3.8, 4) is 0 Å². The van der Waals surface area contributed by atoms with E-state index in [0.29, 0.717) is 50.4 Å². The van der Waals surface area contributed by atoms with Crippen LogP contribution in [0.15, 0.2) is 36.4 Å². The number of ether oxygens (including phenoxy) is 1. The topological polar surface area (TPSA) is 227 Å². The van der Waals surface area contributed by atoms with Crippen LogP contribution in [0.1, 0.15) is 12.8 Å². The van der Waals surface area contributed by atoms with Gasteiger partial charge in [-0.1, -0.05) is 23.2 Å². The van der Waals surface area contributed by atoms with Gasteiger partial charge in [-0.25, -0.2) is 18.4 Å². The van der Waals surface area contributed by atoms with Crippen molar-refractivity contribution in [2.24, 2.45) is 23.3 Å². The summed E-state index contributed by atoms with van der Waals surface area (Å²) in [7, 11) is 0. The number of rotatable bonds is 8. The summed E-state index contributed by atoms with van der Waals surface area (Å²) in [5, 5.41) is 7.96. The number of hydrogen-bond acceptors (Lipinski definition) is 7. The molecule has 2 aromatic carbocycles. The van der Waals surface area contributed by atoms with Crippen LogP contribution in [0.25, 0.3) is 0 Å². The number of carbonyl (C=O) groups excluding carboxylic acids is 4. The highest BCUT2D eigenvalue weighted by molar-refractivity contribution is 6.31. The lowest BCUT2D eigenvalue weighted by molar-refractivity contribution is -0.427. The van der Waals surface area contributed by atoms with Gasteiger partial charge in [0.2, 0.25) is 11.8 Å². The van der Waals surface area contributed by atoms with E-state index in [-0.39, 0.29) is 66.2 Å². The number of nitrogens with one attached hydrogen (secondary N) is 3. The quantitative estimate of drug-likeness (QED) is 0.204. The third-order valence-corrected chi connectivity index (χ3v) is 8.11. The van der Waals surface area contributed by atoms with Crippen LogP contribution in [0.4, 0.5) is 29.7 Å². The Hall–Kier alpha value is -3.80. The van der Waals surface area contributed by atoms with Crippen LogP contribution < -0.4 is 38.9 Å². The Labute approximate surface area is 286 Å². The van der Waals surface area contributed by atoms with Crippen molar-refractivity contribution in [1.82, 2.24) is 15.1 Å². The van der Waals surface area contributed by atoms with E-state index in [9.17, 15) is 28.0 Å². The van der Waals surface area contributed by atoms with Gasteiger partial charge in [-0.2, -0.15) is 0 Å². The van der Waals surface area contributed by atoms with Crippen LogP contribution in [0, 0.1) is 23.5 Å². The molecule has 0 spiro atoms. The summed E-state index contributed by atoms with van der Waals surface area (Å²) >= 11 is 11.2. The zero-order chi connectivity index (χ0) is 35.4. The molecule has 2 saturated heterocycles. The lowest BCUT2D eigenvalue weighted by Gasteiger charge is -2.33. The molecule has 2 heterocycles. The minimum Gasteiger partial charge on any atom is -0.448 e. The van der Waals surface area contributed by atoms with E-state index in [2.05, 4.69) is 27.4 Å². The average Bonchev–Trinajstić information content (AvgIpc) is 3.05. The highest BCUT2D eigenvalue weighted by Gasteiger charge is 2.35. The number of nitrogens with zero attached hydrogens (tertiary/aromatic N) is 2. The van der Waals surface area contributed by atoms with Gasteiger partial charge in [0.25, 0.3) is 0 Å². The molecule has 0 aliphatic carbocycles. The van der Waals surface area contributed by atoms with Gasteiger partial charge in [0.05, 0.1) is 35.0 Å². The minimum atomic E-state index is -0.611. The summed E-state index contributed by atoms with van der Waals surface area (Å²) < 4.78 is 31.9. The summed E-state index contributed by atoms with van der Waals surface area (Å²) in [5.74, 6) is -2.66. The molecule has 4 unspecified atom stereocenters.